The van der Waals surface area contributed by atoms with Crippen LogP contribution in [0.4, 0.5) is 14.5 Å². The molecule has 1 unspecified atom stereocenters. The van der Waals surface area contributed by atoms with Gasteiger partial charge in [0.1, 0.15) is 29.6 Å². The molecule has 1 fully saturated rings. The molecule has 2 aromatic carbocycles. The molecule has 1 N–H and O–H groups in total. The summed E-state index contributed by atoms with van der Waals surface area (Å²) < 4.78 is 38.3. The maximum atomic E-state index is 13.6. The summed E-state index contributed by atoms with van der Waals surface area (Å²) in [7, 11) is 0. The Kier molecular flexibility index (Phi) is 5.05. The number of hydrogen-bond donors (Lipinski definition) is 1. The Morgan fingerprint density at radius 2 is 1.88 bits per heavy atom. The molecule has 0 aromatic heterocycles. The first kappa shape index (κ1) is 16.4. The molecule has 1 saturated heterocycles. The molecule has 1 aliphatic heterocycles. The summed E-state index contributed by atoms with van der Waals surface area (Å²) >= 11 is 0. The van der Waals surface area contributed by atoms with E-state index in [-0.39, 0.29) is 6.10 Å². The van der Waals surface area contributed by atoms with Crippen LogP contribution in [0.25, 0.3) is 0 Å². The maximum Gasteiger partial charge on any atom is 0.261 e. The van der Waals surface area contributed by atoms with Gasteiger partial charge < -0.3 is 14.8 Å². The van der Waals surface area contributed by atoms with Gasteiger partial charge in [-0.25, -0.2) is 8.78 Å². The number of hydrogen-bond acceptors (Lipinski definition) is 3. The predicted octanol–water partition coefficient (Wildman–Crippen LogP) is 3.77. The fourth-order valence-electron chi connectivity index (χ4n) is 2.51. The highest BCUT2D eigenvalue weighted by Crippen LogP contribution is 2.20. The van der Waals surface area contributed by atoms with E-state index in [1.54, 1.807) is 24.3 Å². The Bertz CT molecular complexity index is 692. The van der Waals surface area contributed by atoms with E-state index in [2.05, 4.69) is 5.32 Å². The molecule has 1 heterocycles. The highest BCUT2D eigenvalue weighted by molar-refractivity contribution is 6.04. The fourth-order valence-corrected chi connectivity index (χ4v) is 2.51. The van der Waals surface area contributed by atoms with Crippen LogP contribution in [0.3, 0.4) is 0 Å². The molecular weight excluding hydrogens is 316 g/mol. The Morgan fingerprint density at radius 1 is 1.17 bits per heavy atom. The molecule has 2 aromatic rings. The number of amides is 1. The highest BCUT2D eigenvalue weighted by Gasteiger charge is 2.18. The van der Waals surface area contributed by atoms with Crippen LogP contribution in [0.5, 0.6) is 5.75 Å². The van der Waals surface area contributed by atoms with Gasteiger partial charge in [-0.3, -0.25) is 4.79 Å². The molecule has 126 valence electrons. The van der Waals surface area contributed by atoms with Gasteiger partial charge in [0.2, 0.25) is 0 Å². The number of rotatable bonds is 5. The van der Waals surface area contributed by atoms with Gasteiger partial charge in [0.25, 0.3) is 5.91 Å². The van der Waals surface area contributed by atoms with Crippen LogP contribution in [0.15, 0.2) is 42.5 Å². The smallest absolute Gasteiger partial charge is 0.261 e. The Labute approximate surface area is 138 Å². The van der Waals surface area contributed by atoms with Crippen LogP contribution < -0.4 is 10.1 Å². The summed E-state index contributed by atoms with van der Waals surface area (Å²) in [4.78, 5) is 12.0. The second kappa shape index (κ2) is 7.40. The molecule has 0 aliphatic carbocycles. The van der Waals surface area contributed by atoms with Crippen molar-refractivity contribution in [2.75, 3.05) is 18.5 Å². The average molecular weight is 333 g/mol. The largest absolute Gasteiger partial charge is 0.491 e. The second-order valence-electron chi connectivity index (χ2n) is 5.52. The van der Waals surface area contributed by atoms with Crippen molar-refractivity contribution in [3.05, 3.63) is 59.7 Å². The predicted molar refractivity (Wildman–Crippen MR) is 85.2 cm³/mol. The van der Waals surface area contributed by atoms with Gasteiger partial charge in [0.15, 0.2) is 0 Å². The summed E-state index contributed by atoms with van der Waals surface area (Å²) in [5, 5.41) is 2.47. The quantitative estimate of drug-likeness (QED) is 0.906. The summed E-state index contributed by atoms with van der Waals surface area (Å²) in [5.41, 5.74) is -0.177. The Hall–Kier alpha value is -2.47. The Balaban J connectivity index is 1.60. The number of halogens is 2. The van der Waals surface area contributed by atoms with Crippen molar-refractivity contribution < 1.29 is 23.0 Å². The van der Waals surface area contributed by atoms with Gasteiger partial charge in [-0.05, 0) is 49.2 Å². The number of nitrogens with one attached hydrogen (secondary N) is 1. The Morgan fingerprint density at radius 3 is 2.50 bits per heavy atom. The molecule has 1 amide bonds. The summed E-state index contributed by atoms with van der Waals surface area (Å²) in [6.45, 7) is 1.25. The van der Waals surface area contributed by atoms with E-state index in [1.807, 2.05) is 0 Å². The fraction of sp³-hybridized carbons (Fsp3) is 0.278. The van der Waals surface area contributed by atoms with Crippen molar-refractivity contribution in [2.45, 2.75) is 18.9 Å². The number of ether oxygens (including phenoxy) is 2. The van der Waals surface area contributed by atoms with Crippen molar-refractivity contribution in [3.8, 4) is 5.75 Å². The monoisotopic (exact) mass is 333 g/mol. The van der Waals surface area contributed by atoms with Gasteiger partial charge in [-0.1, -0.05) is 6.07 Å². The number of carbonyl (C=O) groups is 1. The van der Waals surface area contributed by atoms with Gasteiger partial charge in [-0.2, -0.15) is 0 Å². The van der Waals surface area contributed by atoms with E-state index >= 15 is 0 Å². The van der Waals surface area contributed by atoms with Gasteiger partial charge >= 0.3 is 0 Å². The zero-order valence-corrected chi connectivity index (χ0v) is 12.9. The van der Waals surface area contributed by atoms with E-state index in [1.165, 1.54) is 6.07 Å². The van der Waals surface area contributed by atoms with Crippen LogP contribution in [0.1, 0.15) is 23.2 Å². The lowest BCUT2D eigenvalue weighted by atomic mass is 10.1. The van der Waals surface area contributed by atoms with E-state index < -0.39 is 23.1 Å². The molecule has 24 heavy (non-hydrogen) atoms. The molecule has 0 saturated carbocycles. The van der Waals surface area contributed by atoms with E-state index in [0.29, 0.717) is 18.0 Å². The molecule has 3 rings (SSSR count). The number of anilines is 1. The van der Waals surface area contributed by atoms with Crippen LogP contribution in [0.2, 0.25) is 0 Å². The van der Waals surface area contributed by atoms with E-state index in [0.717, 1.165) is 31.6 Å². The maximum absolute atomic E-state index is 13.6. The van der Waals surface area contributed by atoms with Crippen molar-refractivity contribution in [2.24, 2.45) is 0 Å². The molecule has 0 spiro atoms. The second-order valence-corrected chi connectivity index (χ2v) is 5.52. The van der Waals surface area contributed by atoms with Crippen LogP contribution in [-0.2, 0) is 4.74 Å². The molecule has 6 heteroatoms. The third kappa shape index (κ3) is 3.89. The summed E-state index contributed by atoms with van der Waals surface area (Å²) in [6, 6.07) is 9.88. The minimum Gasteiger partial charge on any atom is -0.491 e. The topological polar surface area (TPSA) is 47.6 Å². The number of carbonyl (C=O) groups excluding carboxylic acids is 1. The first-order chi connectivity index (χ1) is 11.6. The molecule has 1 atom stereocenters. The molecular formula is C18H17F2NO3. The van der Waals surface area contributed by atoms with Crippen molar-refractivity contribution in [1.29, 1.82) is 0 Å². The lowest BCUT2D eigenvalue weighted by Gasteiger charge is -2.12. The first-order valence-corrected chi connectivity index (χ1v) is 7.73. The summed E-state index contributed by atoms with van der Waals surface area (Å²) in [5.74, 6) is -1.99. The van der Waals surface area contributed by atoms with Crippen LogP contribution in [0, 0.1) is 11.6 Å². The van der Waals surface area contributed by atoms with Crippen molar-refractivity contribution in [1.82, 2.24) is 0 Å². The highest BCUT2D eigenvalue weighted by atomic mass is 19.1. The molecule has 0 radical (unpaired) electrons. The zero-order chi connectivity index (χ0) is 16.9. The van der Waals surface area contributed by atoms with Gasteiger partial charge in [0.05, 0.1) is 6.10 Å². The van der Waals surface area contributed by atoms with Crippen LogP contribution in [-0.4, -0.2) is 25.2 Å². The van der Waals surface area contributed by atoms with Crippen LogP contribution >= 0.6 is 0 Å². The lowest BCUT2D eigenvalue weighted by molar-refractivity contribution is 0.0679. The van der Waals surface area contributed by atoms with Crippen molar-refractivity contribution >= 4 is 11.6 Å². The van der Waals surface area contributed by atoms with E-state index in [9.17, 15) is 13.6 Å². The average Bonchev–Trinajstić information content (AvgIpc) is 3.07. The third-order valence-electron chi connectivity index (χ3n) is 3.76. The zero-order valence-electron chi connectivity index (χ0n) is 12.9. The standard InChI is InChI=1S/C18H17F2NO3/c19-15-4-1-5-16(20)17(15)18(22)21-12-6-8-13(9-7-12)24-11-14-3-2-10-23-14/h1,4-9,14H,2-3,10-11H2,(H,21,22). The van der Waals surface area contributed by atoms with E-state index in [4.69, 9.17) is 9.47 Å². The lowest BCUT2D eigenvalue weighted by Crippen LogP contribution is -2.17. The first-order valence-electron chi connectivity index (χ1n) is 7.73. The SMILES string of the molecule is O=C(Nc1ccc(OCC2CCCO2)cc1)c1c(F)cccc1F. The normalized spacial score (nSPS) is 16.8. The van der Waals surface area contributed by atoms with Crippen molar-refractivity contribution in [3.63, 3.8) is 0 Å². The minimum absolute atomic E-state index is 0.119. The molecule has 1 aliphatic rings. The van der Waals surface area contributed by atoms with Gasteiger partial charge in [-0.15, -0.1) is 0 Å². The third-order valence-corrected chi connectivity index (χ3v) is 3.76. The summed E-state index contributed by atoms with van der Waals surface area (Å²) in [6.07, 6.45) is 2.15. The molecule has 0 bridgehead atoms. The molecule has 4 nitrogen and oxygen atoms in total. The number of benzene rings is 2. The van der Waals surface area contributed by atoms with Gasteiger partial charge in [0, 0.05) is 12.3 Å². The minimum atomic E-state index is -0.899.